The first-order valence-corrected chi connectivity index (χ1v) is 4.93. The summed E-state index contributed by atoms with van der Waals surface area (Å²) in [4.78, 5) is 10.9. The highest BCUT2D eigenvalue weighted by molar-refractivity contribution is 5.71. The summed E-state index contributed by atoms with van der Waals surface area (Å²) in [5.74, 6) is 0.812. The third kappa shape index (κ3) is 0.644. The Morgan fingerprint density at radius 2 is 2.08 bits per heavy atom. The largest absolute Gasteiger partial charge is 0.481 e. The van der Waals surface area contributed by atoms with Crippen molar-refractivity contribution in [3.05, 3.63) is 0 Å². The molecule has 0 aliphatic heterocycles. The molecule has 0 heterocycles. The Balaban J connectivity index is 1.91. The molecule has 6 rings (SSSR count). The highest BCUT2D eigenvalue weighted by Crippen LogP contribution is 2.68. The molecule has 1 spiro atoms. The molecule has 12 heavy (non-hydrogen) atoms. The van der Waals surface area contributed by atoms with Gasteiger partial charge in [-0.05, 0) is 49.4 Å². The van der Waals surface area contributed by atoms with E-state index in [0.29, 0.717) is 11.3 Å². The van der Waals surface area contributed by atoms with Crippen LogP contribution in [0.25, 0.3) is 0 Å². The van der Waals surface area contributed by atoms with Crippen LogP contribution in [-0.4, -0.2) is 11.1 Å². The molecule has 0 radical (unpaired) electrons. The molecule has 2 heteroatoms. The molecule has 2 nitrogen and oxygen atoms in total. The van der Waals surface area contributed by atoms with Crippen molar-refractivity contribution in [3.63, 3.8) is 0 Å². The zero-order valence-electron chi connectivity index (χ0n) is 7.12. The summed E-state index contributed by atoms with van der Waals surface area (Å²) < 4.78 is 0. The van der Waals surface area contributed by atoms with Gasteiger partial charge in [-0.3, -0.25) is 4.79 Å². The topological polar surface area (TPSA) is 37.3 Å². The van der Waals surface area contributed by atoms with Gasteiger partial charge in [-0.25, -0.2) is 0 Å². The lowest BCUT2D eigenvalue weighted by Crippen LogP contribution is -2.57. The highest BCUT2D eigenvalue weighted by atomic mass is 16.4. The summed E-state index contributed by atoms with van der Waals surface area (Å²) >= 11 is 0. The predicted molar refractivity (Wildman–Crippen MR) is 43.6 cm³/mol. The fraction of sp³-hybridized carbons (Fsp3) is 0.900. The van der Waals surface area contributed by atoms with E-state index in [1.54, 1.807) is 0 Å². The van der Waals surface area contributed by atoms with Crippen LogP contribution in [0.4, 0.5) is 0 Å². The van der Waals surface area contributed by atoms with Gasteiger partial charge in [-0.1, -0.05) is 0 Å². The lowest BCUT2D eigenvalue weighted by atomic mass is 9.41. The SMILES string of the molecule is O=C(O)[C@@H]1CC23CC[C@H]1C(C2)C3. The molecule has 2 atom stereocenters. The Morgan fingerprint density at radius 3 is 2.33 bits per heavy atom. The Labute approximate surface area is 72.0 Å². The summed E-state index contributed by atoms with van der Waals surface area (Å²) in [6.07, 6.45) is 6.20. The van der Waals surface area contributed by atoms with Gasteiger partial charge in [-0.2, -0.15) is 0 Å². The molecule has 3 bridgehead atoms. The van der Waals surface area contributed by atoms with Crippen LogP contribution in [0.1, 0.15) is 32.1 Å². The van der Waals surface area contributed by atoms with Crippen LogP contribution >= 0.6 is 0 Å². The Hall–Kier alpha value is -0.530. The van der Waals surface area contributed by atoms with Gasteiger partial charge in [0.05, 0.1) is 5.92 Å². The second-order valence-electron chi connectivity index (χ2n) is 5.02. The van der Waals surface area contributed by atoms with E-state index in [1.807, 2.05) is 0 Å². The molecule has 0 saturated heterocycles. The number of hydrogen-bond donors (Lipinski definition) is 1. The van der Waals surface area contributed by atoms with E-state index in [9.17, 15) is 4.79 Å². The van der Waals surface area contributed by atoms with Gasteiger partial charge in [0, 0.05) is 0 Å². The molecule has 66 valence electrons. The van der Waals surface area contributed by atoms with Crippen LogP contribution in [-0.2, 0) is 4.79 Å². The van der Waals surface area contributed by atoms with E-state index in [2.05, 4.69) is 0 Å². The zero-order chi connectivity index (χ0) is 8.34. The van der Waals surface area contributed by atoms with E-state index in [1.165, 1.54) is 25.7 Å². The smallest absolute Gasteiger partial charge is 0.306 e. The number of carbonyl (C=O) groups is 1. The van der Waals surface area contributed by atoms with Crippen molar-refractivity contribution in [1.29, 1.82) is 0 Å². The van der Waals surface area contributed by atoms with Crippen molar-refractivity contribution < 1.29 is 9.90 Å². The number of rotatable bonds is 1. The summed E-state index contributed by atoms with van der Waals surface area (Å²) in [6.45, 7) is 0. The minimum absolute atomic E-state index is 0.0197. The number of aliphatic carboxylic acids is 1. The molecule has 0 unspecified atom stereocenters. The highest BCUT2D eigenvalue weighted by Gasteiger charge is 2.60. The molecule has 0 aromatic rings. The fourth-order valence-corrected chi connectivity index (χ4v) is 3.95. The molecular formula is C10H14O2. The minimum atomic E-state index is -0.534. The molecule has 6 aliphatic carbocycles. The summed E-state index contributed by atoms with van der Waals surface area (Å²) in [6, 6.07) is 0. The van der Waals surface area contributed by atoms with Gasteiger partial charge in [0.25, 0.3) is 0 Å². The van der Waals surface area contributed by atoms with E-state index < -0.39 is 5.97 Å². The minimum Gasteiger partial charge on any atom is -0.481 e. The first-order chi connectivity index (χ1) is 5.70. The number of carboxylic acid groups (broad SMARTS) is 1. The fourth-order valence-electron chi connectivity index (χ4n) is 3.95. The number of carboxylic acids is 1. The molecule has 0 aromatic carbocycles. The van der Waals surface area contributed by atoms with Crippen LogP contribution in [0.15, 0.2) is 0 Å². The monoisotopic (exact) mass is 166 g/mol. The maximum Gasteiger partial charge on any atom is 0.306 e. The van der Waals surface area contributed by atoms with Gasteiger partial charge in [0.15, 0.2) is 0 Å². The van der Waals surface area contributed by atoms with Crippen molar-refractivity contribution in [2.45, 2.75) is 32.1 Å². The maximum absolute atomic E-state index is 10.9. The molecule has 6 saturated carbocycles. The van der Waals surface area contributed by atoms with Crippen molar-refractivity contribution in [2.75, 3.05) is 0 Å². The first-order valence-electron chi connectivity index (χ1n) is 4.93. The molecule has 6 aliphatic rings. The molecule has 1 N–H and O–H groups in total. The van der Waals surface area contributed by atoms with Crippen molar-refractivity contribution in [3.8, 4) is 0 Å². The second kappa shape index (κ2) is 1.86. The van der Waals surface area contributed by atoms with Crippen molar-refractivity contribution in [1.82, 2.24) is 0 Å². The first kappa shape index (κ1) is 6.93. The van der Waals surface area contributed by atoms with Crippen molar-refractivity contribution in [2.24, 2.45) is 23.2 Å². The molecule has 6 fully saturated rings. The van der Waals surface area contributed by atoms with Gasteiger partial charge in [-0.15, -0.1) is 0 Å². The molecular weight excluding hydrogens is 152 g/mol. The molecule has 0 aromatic heterocycles. The van der Waals surface area contributed by atoms with Crippen LogP contribution in [0.2, 0.25) is 0 Å². The van der Waals surface area contributed by atoms with Gasteiger partial charge < -0.3 is 5.11 Å². The van der Waals surface area contributed by atoms with E-state index in [0.717, 1.165) is 12.3 Å². The van der Waals surface area contributed by atoms with Gasteiger partial charge in [0.2, 0.25) is 0 Å². The van der Waals surface area contributed by atoms with Crippen LogP contribution in [0.3, 0.4) is 0 Å². The van der Waals surface area contributed by atoms with Crippen LogP contribution in [0, 0.1) is 23.2 Å². The molecule has 0 amide bonds. The zero-order valence-corrected chi connectivity index (χ0v) is 7.12. The maximum atomic E-state index is 10.9. The average Bonchev–Trinajstić information content (AvgIpc) is 2.03. The van der Waals surface area contributed by atoms with Gasteiger partial charge in [0.1, 0.15) is 0 Å². The summed E-state index contributed by atoms with van der Waals surface area (Å²) in [5, 5.41) is 9.00. The third-order valence-electron chi connectivity index (χ3n) is 4.49. The Morgan fingerprint density at radius 1 is 1.33 bits per heavy atom. The Kier molecular flexibility index (Phi) is 1.07. The summed E-state index contributed by atoms with van der Waals surface area (Å²) in [7, 11) is 0. The van der Waals surface area contributed by atoms with E-state index in [-0.39, 0.29) is 5.92 Å². The second-order valence-corrected chi connectivity index (χ2v) is 5.02. The normalized spacial score (nSPS) is 54.8. The Bertz CT molecular complexity index is 235. The number of hydrogen-bond acceptors (Lipinski definition) is 1. The quantitative estimate of drug-likeness (QED) is 0.646. The lowest BCUT2D eigenvalue weighted by molar-refractivity contribution is -0.177. The third-order valence-corrected chi connectivity index (χ3v) is 4.49. The lowest BCUT2D eigenvalue weighted by Gasteiger charge is -2.64. The van der Waals surface area contributed by atoms with E-state index >= 15 is 0 Å². The van der Waals surface area contributed by atoms with E-state index in [4.69, 9.17) is 5.11 Å². The van der Waals surface area contributed by atoms with Gasteiger partial charge >= 0.3 is 5.97 Å². The average molecular weight is 166 g/mol. The van der Waals surface area contributed by atoms with Crippen molar-refractivity contribution >= 4 is 5.97 Å². The standard InChI is InChI=1S/C10H14O2/c11-9(12)8-5-10-2-1-7(8)6(3-10)4-10/h6-8H,1-5H2,(H,11,12)/t6?,7-,8+,10?/m0/s1. The van der Waals surface area contributed by atoms with Crippen LogP contribution < -0.4 is 0 Å². The van der Waals surface area contributed by atoms with Crippen LogP contribution in [0.5, 0.6) is 0 Å². The summed E-state index contributed by atoms with van der Waals surface area (Å²) in [5.41, 5.74) is 0.502. The predicted octanol–water partition coefficient (Wildman–Crippen LogP) is 1.90.